The second-order valence-electron chi connectivity index (χ2n) is 5.76. The normalized spacial score (nSPS) is 22.8. The molecule has 2 aromatic rings. The number of aliphatic hydroxyl groups is 1. The molecule has 0 radical (unpaired) electrons. The molecule has 1 saturated heterocycles. The highest BCUT2D eigenvalue weighted by Crippen LogP contribution is 2.27. The first-order chi connectivity index (χ1) is 9.57. The third-order valence-electron chi connectivity index (χ3n) is 3.71. The van der Waals surface area contributed by atoms with Crippen molar-refractivity contribution in [1.29, 1.82) is 0 Å². The Hall–Kier alpha value is -1.24. The average Bonchev–Trinajstić information content (AvgIpc) is 3.09. The Morgan fingerprint density at radius 3 is 3.05 bits per heavy atom. The van der Waals surface area contributed by atoms with E-state index in [0.717, 1.165) is 29.5 Å². The largest absolute Gasteiger partial charge is 0.387 e. The van der Waals surface area contributed by atoms with Gasteiger partial charge in [0.25, 0.3) is 0 Å². The van der Waals surface area contributed by atoms with E-state index in [-0.39, 0.29) is 0 Å². The quantitative estimate of drug-likeness (QED) is 0.903. The predicted molar refractivity (Wildman–Crippen MR) is 79.9 cm³/mol. The summed E-state index contributed by atoms with van der Waals surface area (Å²) in [4.78, 5) is 9.06. The second kappa shape index (κ2) is 5.27. The minimum absolute atomic E-state index is 0.423. The molecule has 108 valence electrons. The Morgan fingerprint density at radius 2 is 2.40 bits per heavy atom. The first-order valence-electron chi connectivity index (χ1n) is 6.97. The fourth-order valence-electron chi connectivity index (χ4n) is 2.47. The summed E-state index contributed by atoms with van der Waals surface area (Å²) in [6.07, 6.45) is 4.47. The molecule has 2 aromatic heterocycles. The summed E-state index contributed by atoms with van der Waals surface area (Å²) in [5, 5.41) is 16.7. The van der Waals surface area contributed by atoms with Gasteiger partial charge in [-0.05, 0) is 18.9 Å². The lowest BCUT2D eigenvalue weighted by Gasteiger charge is -2.22. The summed E-state index contributed by atoms with van der Waals surface area (Å²) in [7, 11) is 0. The lowest BCUT2D eigenvalue weighted by molar-refractivity contribution is 0.0436. The zero-order valence-electron chi connectivity index (χ0n) is 11.8. The molecule has 0 spiro atoms. The maximum absolute atomic E-state index is 10.5. The molecule has 0 aliphatic carbocycles. The van der Waals surface area contributed by atoms with Crippen LogP contribution in [-0.2, 0) is 6.54 Å². The van der Waals surface area contributed by atoms with E-state index < -0.39 is 5.60 Å². The number of thiazole rings is 1. The van der Waals surface area contributed by atoms with E-state index in [1.165, 1.54) is 0 Å². The predicted octanol–water partition coefficient (Wildman–Crippen LogP) is 1.85. The number of hydrogen-bond donors (Lipinski definition) is 2. The number of nitrogens with zero attached hydrogens (tertiary/aromatic N) is 3. The van der Waals surface area contributed by atoms with Crippen LogP contribution in [0.25, 0.3) is 10.8 Å². The molecule has 1 aliphatic heterocycles. The molecule has 1 unspecified atom stereocenters. The van der Waals surface area contributed by atoms with Crippen LogP contribution in [0.15, 0.2) is 17.8 Å². The molecular formula is C14H20N4OS. The van der Waals surface area contributed by atoms with Gasteiger partial charge in [-0.1, -0.05) is 13.8 Å². The third kappa shape index (κ3) is 2.63. The molecule has 0 aromatic carbocycles. The molecular weight excluding hydrogens is 272 g/mol. The topological polar surface area (TPSA) is 63.0 Å². The van der Waals surface area contributed by atoms with Gasteiger partial charge in [0, 0.05) is 24.3 Å². The van der Waals surface area contributed by atoms with Crippen LogP contribution in [0.1, 0.15) is 31.9 Å². The molecule has 1 atom stereocenters. The highest BCUT2D eigenvalue weighted by molar-refractivity contribution is 7.13. The number of nitrogens with one attached hydrogen (secondary N) is 1. The maximum atomic E-state index is 10.5. The minimum Gasteiger partial charge on any atom is -0.387 e. The molecule has 6 heteroatoms. The Labute approximate surface area is 122 Å². The maximum Gasteiger partial charge on any atom is 0.169 e. The summed E-state index contributed by atoms with van der Waals surface area (Å²) in [6, 6.07) is 0. The third-order valence-corrected chi connectivity index (χ3v) is 4.56. The van der Waals surface area contributed by atoms with Crippen molar-refractivity contribution >= 4 is 11.3 Å². The van der Waals surface area contributed by atoms with Gasteiger partial charge in [-0.15, -0.1) is 11.3 Å². The van der Waals surface area contributed by atoms with Gasteiger partial charge >= 0.3 is 0 Å². The van der Waals surface area contributed by atoms with Gasteiger partial charge in [-0.2, -0.15) is 0 Å². The number of hydrogen-bond acceptors (Lipinski definition) is 5. The van der Waals surface area contributed by atoms with Crippen LogP contribution in [-0.4, -0.2) is 38.3 Å². The SMILES string of the molecule is CC(C)c1csc(-c2nccn2CC2(O)CCNC2)n1. The molecule has 20 heavy (non-hydrogen) atoms. The molecule has 1 aliphatic rings. The van der Waals surface area contributed by atoms with Gasteiger partial charge in [0.1, 0.15) is 0 Å². The van der Waals surface area contributed by atoms with E-state index in [4.69, 9.17) is 0 Å². The molecule has 3 heterocycles. The van der Waals surface area contributed by atoms with Crippen LogP contribution < -0.4 is 5.32 Å². The van der Waals surface area contributed by atoms with E-state index in [0.29, 0.717) is 19.0 Å². The fourth-order valence-corrected chi connectivity index (χ4v) is 3.46. The molecule has 2 N–H and O–H groups in total. The highest BCUT2D eigenvalue weighted by atomic mass is 32.1. The summed E-state index contributed by atoms with van der Waals surface area (Å²) in [5.74, 6) is 1.27. The Morgan fingerprint density at radius 1 is 1.55 bits per heavy atom. The van der Waals surface area contributed by atoms with Crippen LogP contribution in [0.3, 0.4) is 0 Å². The van der Waals surface area contributed by atoms with Gasteiger partial charge in [0.05, 0.1) is 17.8 Å². The van der Waals surface area contributed by atoms with Gasteiger partial charge < -0.3 is 15.0 Å². The van der Waals surface area contributed by atoms with E-state index >= 15 is 0 Å². The second-order valence-corrected chi connectivity index (χ2v) is 6.62. The van der Waals surface area contributed by atoms with Crippen molar-refractivity contribution < 1.29 is 5.11 Å². The van der Waals surface area contributed by atoms with Crippen LogP contribution in [0.5, 0.6) is 0 Å². The van der Waals surface area contributed by atoms with E-state index in [1.54, 1.807) is 17.5 Å². The van der Waals surface area contributed by atoms with Crippen molar-refractivity contribution in [3.8, 4) is 10.8 Å². The summed E-state index contributed by atoms with van der Waals surface area (Å²) < 4.78 is 2.01. The van der Waals surface area contributed by atoms with Crippen molar-refractivity contribution in [3.63, 3.8) is 0 Å². The fraction of sp³-hybridized carbons (Fsp3) is 0.571. The summed E-state index contributed by atoms with van der Waals surface area (Å²) in [5.41, 5.74) is 0.425. The number of β-amino-alcohol motifs (C(OH)–C–C–N with tert-alkyl or cyclic N) is 1. The van der Waals surface area contributed by atoms with Crippen molar-refractivity contribution in [3.05, 3.63) is 23.5 Å². The van der Waals surface area contributed by atoms with Gasteiger partial charge in [-0.3, -0.25) is 0 Å². The van der Waals surface area contributed by atoms with Gasteiger partial charge in [0.15, 0.2) is 10.8 Å². The van der Waals surface area contributed by atoms with Crippen molar-refractivity contribution in [2.24, 2.45) is 0 Å². The Kier molecular flexibility index (Phi) is 3.62. The first kappa shape index (κ1) is 13.7. The van der Waals surface area contributed by atoms with Crippen molar-refractivity contribution in [2.45, 2.75) is 38.3 Å². The molecule has 0 bridgehead atoms. The van der Waals surface area contributed by atoms with Crippen molar-refractivity contribution in [1.82, 2.24) is 19.9 Å². The van der Waals surface area contributed by atoms with E-state index in [1.807, 2.05) is 10.8 Å². The van der Waals surface area contributed by atoms with Crippen molar-refractivity contribution in [2.75, 3.05) is 13.1 Å². The van der Waals surface area contributed by atoms with Crippen LogP contribution in [0.2, 0.25) is 0 Å². The summed E-state index contributed by atoms with van der Waals surface area (Å²) >= 11 is 1.61. The first-order valence-corrected chi connectivity index (χ1v) is 7.85. The lowest BCUT2D eigenvalue weighted by atomic mass is 10.0. The molecule has 5 nitrogen and oxygen atoms in total. The minimum atomic E-state index is -0.673. The molecule has 1 fully saturated rings. The monoisotopic (exact) mass is 292 g/mol. The van der Waals surface area contributed by atoms with Gasteiger partial charge in [-0.25, -0.2) is 9.97 Å². The van der Waals surface area contributed by atoms with E-state index in [2.05, 4.69) is 34.5 Å². The van der Waals surface area contributed by atoms with Crippen LogP contribution in [0, 0.1) is 0 Å². The van der Waals surface area contributed by atoms with Crippen LogP contribution in [0.4, 0.5) is 0 Å². The lowest BCUT2D eigenvalue weighted by Crippen LogP contribution is -2.36. The average molecular weight is 292 g/mol. The molecule has 0 saturated carbocycles. The standard InChI is InChI=1S/C14H20N4OS/c1-10(2)11-7-20-13(17-11)12-16-5-6-18(12)9-14(19)3-4-15-8-14/h5-7,10,15,19H,3-4,8-9H2,1-2H3. The molecule has 3 rings (SSSR count). The molecule has 0 amide bonds. The number of imidazole rings is 1. The smallest absolute Gasteiger partial charge is 0.169 e. The van der Waals surface area contributed by atoms with Gasteiger partial charge in [0.2, 0.25) is 0 Å². The zero-order valence-corrected chi connectivity index (χ0v) is 12.7. The summed E-state index contributed by atoms with van der Waals surface area (Å²) in [6.45, 7) is 6.34. The number of rotatable bonds is 4. The zero-order chi connectivity index (χ0) is 14.2. The van der Waals surface area contributed by atoms with E-state index in [9.17, 15) is 5.11 Å². The Balaban J connectivity index is 1.85. The number of aromatic nitrogens is 3. The Bertz CT molecular complexity index is 584. The van der Waals surface area contributed by atoms with Crippen LogP contribution >= 0.6 is 11.3 Å². The highest BCUT2D eigenvalue weighted by Gasteiger charge is 2.32.